The number of amides is 1. The Morgan fingerprint density at radius 3 is 2.60 bits per heavy atom. The highest BCUT2D eigenvalue weighted by atomic mass is 19.1. The van der Waals surface area contributed by atoms with E-state index in [4.69, 9.17) is 9.52 Å². The molecule has 0 unspecified atom stereocenters. The van der Waals surface area contributed by atoms with Gasteiger partial charge in [0.05, 0.1) is 29.7 Å². The van der Waals surface area contributed by atoms with E-state index in [1.54, 1.807) is 19.1 Å². The van der Waals surface area contributed by atoms with Crippen molar-refractivity contribution in [3.63, 3.8) is 0 Å². The molecule has 0 aliphatic heterocycles. The number of nitrogens with zero attached hydrogens (tertiary/aromatic N) is 2. The molecule has 2 N–H and O–H groups in total. The lowest BCUT2D eigenvalue weighted by atomic mass is 10.2. The van der Waals surface area contributed by atoms with Crippen molar-refractivity contribution in [1.29, 1.82) is 0 Å². The molecule has 2 heterocycles. The van der Waals surface area contributed by atoms with Crippen LogP contribution >= 0.6 is 0 Å². The molecule has 0 aliphatic rings. The van der Waals surface area contributed by atoms with Gasteiger partial charge in [0, 0.05) is 0 Å². The van der Waals surface area contributed by atoms with Gasteiger partial charge in [0.2, 0.25) is 5.76 Å². The lowest BCUT2D eigenvalue weighted by Crippen LogP contribution is -2.23. The topological polar surface area (TPSA) is 97.4 Å². The standard InChI is InChI=1S/C17H14FN3O4/c1-10-14(9-20-21(10)12-4-2-11(18)3-5-12)16(22)19-8-13-6-7-15(25-13)17(23)24/h2-7,9H,8H2,1H3,(H,19,22)(H,23,24). The van der Waals surface area contributed by atoms with Crippen LogP contribution in [-0.4, -0.2) is 26.8 Å². The third kappa shape index (κ3) is 3.42. The number of carboxylic acids is 1. The van der Waals surface area contributed by atoms with Crippen LogP contribution < -0.4 is 5.32 Å². The van der Waals surface area contributed by atoms with E-state index in [1.165, 1.54) is 35.1 Å². The van der Waals surface area contributed by atoms with Crippen molar-refractivity contribution < 1.29 is 23.5 Å². The second-order valence-electron chi connectivity index (χ2n) is 5.29. The summed E-state index contributed by atoms with van der Waals surface area (Å²) in [4.78, 5) is 23.1. The van der Waals surface area contributed by atoms with Crippen LogP contribution in [0.4, 0.5) is 4.39 Å². The summed E-state index contributed by atoms with van der Waals surface area (Å²) in [6, 6.07) is 8.56. The van der Waals surface area contributed by atoms with E-state index in [-0.39, 0.29) is 24.0 Å². The maximum atomic E-state index is 13.0. The van der Waals surface area contributed by atoms with Crippen LogP contribution in [0.2, 0.25) is 0 Å². The van der Waals surface area contributed by atoms with Gasteiger partial charge in [0.1, 0.15) is 11.6 Å². The Bertz CT molecular complexity index is 928. The largest absolute Gasteiger partial charge is 0.475 e. The van der Waals surface area contributed by atoms with Crippen LogP contribution in [-0.2, 0) is 6.54 Å². The number of rotatable bonds is 5. The van der Waals surface area contributed by atoms with Gasteiger partial charge in [0.15, 0.2) is 0 Å². The zero-order valence-corrected chi connectivity index (χ0v) is 13.2. The van der Waals surface area contributed by atoms with Gasteiger partial charge < -0.3 is 14.8 Å². The number of carbonyl (C=O) groups excluding carboxylic acids is 1. The second kappa shape index (κ2) is 6.60. The summed E-state index contributed by atoms with van der Waals surface area (Å²) in [5.41, 5.74) is 1.58. The molecule has 3 aromatic rings. The predicted molar refractivity (Wildman–Crippen MR) is 85.1 cm³/mol. The first-order valence-electron chi connectivity index (χ1n) is 7.36. The molecule has 7 nitrogen and oxygen atoms in total. The molecule has 3 rings (SSSR count). The van der Waals surface area contributed by atoms with Crippen molar-refractivity contribution in [3.05, 3.63) is 71.2 Å². The first kappa shape index (κ1) is 16.4. The van der Waals surface area contributed by atoms with E-state index >= 15 is 0 Å². The summed E-state index contributed by atoms with van der Waals surface area (Å²) in [5, 5.41) is 15.6. The number of nitrogens with one attached hydrogen (secondary N) is 1. The first-order valence-corrected chi connectivity index (χ1v) is 7.36. The molecule has 0 saturated carbocycles. The summed E-state index contributed by atoms with van der Waals surface area (Å²) in [7, 11) is 0. The zero-order chi connectivity index (χ0) is 18.0. The molecule has 25 heavy (non-hydrogen) atoms. The molecule has 0 bridgehead atoms. The minimum absolute atomic E-state index is 0.0489. The number of hydrogen-bond donors (Lipinski definition) is 2. The highest BCUT2D eigenvalue weighted by molar-refractivity contribution is 5.95. The molecule has 0 fully saturated rings. The number of furan rings is 1. The van der Waals surface area contributed by atoms with Crippen LogP contribution in [0.15, 0.2) is 47.0 Å². The van der Waals surface area contributed by atoms with Gasteiger partial charge in [0.25, 0.3) is 5.91 Å². The van der Waals surface area contributed by atoms with Crippen LogP contribution in [0.3, 0.4) is 0 Å². The van der Waals surface area contributed by atoms with Crippen LogP contribution in [0.25, 0.3) is 5.69 Å². The number of carboxylic acid groups (broad SMARTS) is 1. The quantitative estimate of drug-likeness (QED) is 0.742. The lowest BCUT2D eigenvalue weighted by molar-refractivity contribution is 0.0660. The Morgan fingerprint density at radius 1 is 1.24 bits per heavy atom. The van der Waals surface area contributed by atoms with Gasteiger partial charge in [-0.2, -0.15) is 5.10 Å². The van der Waals surface area contributed by atoms with E-state index in [0.717, 1.165) is 0 Å². The molecule has 128 valence electrons. The van der Waals surface area contributed by atoms with Gasteiger partial charge in [-0.25, -0.2) is 13.9 Å². The number of carbonyl (C=O) groups is 2. The molecule has 8 heteroatoms. The minimum atomic E-state index is -1.17. The van der Waals surface area contributed by atoms with Crippen molar-refractivity contribution in [3.8, 4) is 5.69 Å². The predicted octanol–water partition coefficient (Wildman–Crippen LogP) is 2.54. The third-order valence-electron chi connectivity index (χ3n) is 3.62. The van der Waals surface area contributed by atoms with Crippen molar-refractivity contribution in [2.75, 3.05) is 0 Å². The zero-order valence-electron chi connectivity index (χ0n) is 13.2. The summed E-state index contributed by atoms with van der Waals surface area (Å²) in [5.74, 6) is -1.77. The average molecular weight is 343 g/mol. The number of aromatic carboxylic acids is 1. The number of aromatic nitrogens is 2. The summed E-state index contributed by atoms with van der Waals surface area (Å²) in [6.07, 6.45) is 1.42. The average Bonchev–Trinajstić information content (AvgIpc) is 3.20. The van der Waals surface area contributed by atoms with Gasteiger partial charge in [-0.3, -0.25) is 4.79 Å². The molecular weight excluding hydrogens is 329 g/mol. The Morgan fingerprint density at radius 2 is 1.96 bits per heavy atom. The van der Waals surface area contributed by atoms with Crippen molar-refractivity contribution in [2.24, 2.45) is 0 Å². The molecule has 0 saturated heterocycles. The molecule has 0 aliphatic carbocycles. The van der Waals surface area contributed by atoms with Gasteiger partial charge in [-0.1, -0.05) is 0 Å². The highest BCUT2D eigenvalue weighted by Crippen LogP contribution is 2.15. The van der Waals surface area contributed by atoms with Crippen molar-refractivity contribution >= 4 is 11.9 Å². The number of hydrogen-bond acceptors (Lipinski definition) is 4. The molecule has 0 spiro atoms. The fourth-order valence-electron chi connectivity index (χ4n) is 2.33. The normalized spacial score (nSPS) is 10.6. The van der Waals surface area contributed by atoms with E-state index < -0.39 is 5.97 Å². The van der Waals surface area contributed by atoms with Gasteiger partial charge >= 0.3 is 5.97 Å². The highest BCUT2D eigenvalue weighted by Gasteiger charge is 2.16. The fraction of sp³-hybridized carbons (Fsp3) is 0.118. The van der Waals surface area contributed by atoms with Gasteiger partial charge in [-0.15, -0.1) is 0 Å². The molecule has 1 aromatic carbocycles. The molecular formula is C17H14FN3O4. The maximum absolute atomic E-state index is 13.0. The summed E-state index contributed by atoms with van der Waals surface area (Å²) in [6.45, 7) is 1.77. The van der Waals surface area contributed by atoms with E-state index in [1.807, 2.05) is 0 Å². The Kier molecular flexibility index (Phi) is 4.34. The number of benzene rings is 1. The third-order valence-corrected chi connectivity index (χ3v) is 3.62. The molecule has 1 amide bonds. The Labute approximate surface area is 141 Å². The maximum Gasteiger partial charge on any atom is 0.371 e. The minimum Gasteiger partial charge on any atom is -0.475 e. The fourth-order valence-corrected chi connectivity index (χ4v) is 2.33. The van der Waals surface area contributed by atoms with Crippen molar-refractivity contribution in [2.45, 2.75) is 13.5 Å². The van der Waals surface area contributed by atoms with E-state index in [2.05, 4.69) is 10.4 Å². The second-order valence-corrected chi connectivity index (χ2v) is 5.29. The smallest absolute Gasteiger partial charge is 0.371 e. The van der Waals surface area contributed by atoms with Crippen molar-refractivity contribution in [1.82, 2.24) is 15.1 Å². The van der Waals surface area contributed by atoms with Gasteiger partial charge in [-0.05, 0) is 43.3 Å². The molecule has 0 atom stereocenters. The SMILES string of the molecule is Cc1c(C(=O)NCc2ccc(C(=O)O)o2)cnn1-c1ccc(F)cc1. The van der Waals surface area contributed by atoms with Crippen LogP contribution in [0, 0.1) is 12.7 Å². The van der Waals surface area contributed by atoms with E-state index in [0.29, 0.717) is 22.7 Å². The summed E-state index contributed by atoms with van der Waals surface area (Å²) >= 11 is 0. The Balaban J connectivity index is 1.72. The molecule has 2 aromatic heterocycles. The summed E-state index contributed by atoms with van der Waals surface area (Å²) < 4.78 is 19.6. The van der Waals surface area contributed by atoms with E-state index in [9.17, 15) is 14.0 Å². The lowest BCUT2D eigenvalue weighted by Gasteiger charge is -2.06. The monoisotopic (exact) mass is 343 g/mol. The number of halogens is 1. The van der Waals surface area contributed by atoms with Crippen LogP contribution in [0.5, 0.6) is 0 Å². The molecule has 0 radical (unpaired) electrons. The Hall–Kier alpha value is -3.42. The van der Waals surface area contributed by atoms with Crippen LogP contribution in [0.1, 0.15) is 32.4 Å². The first-order chi connectivity index (χ1) is 12.0.